The Morgan fingerprint density at radius 3 is 2.31 bits per heavy atom. The third-order valence-electron chi connectivity index (χ3n) is 6.94. The predicted molar refractivity (Wildman–Crippen MR) is 119 cm³/mol. The van der Waals surface area contributed by atoms with E-state index in [4.69, 9.17) is 10.00 Å². The third-order valence-corrected chi connectivity index (χ3v) is 9.13. The minimum absolute atomic E-state index is 0.167. The van der Waals surface area contributed by atoms with Gasteiger partial charge in [-0.2, -0.15) is 31.6 Å². The summed E-state index contributed by atoms with van der Waals surface area (Å²) in [5.41, 5.74) is -3.70. The number of carbonyl (C=O) groups is 2. The van der Waals surface area contributed by atoms with Gasteiger partial charge in [0.05, 0.1) is 21.8 Å². The van der Waals surface area contributed by atoms with Crippen LogP contribution >= 0.6 is 0 Å². The number of hydrogen-bond donors (Lipinski definition) is 1. The second kappa shape index (κ2) is 9.46. The summed E-state index contributed by atoms with van der Waals surface area (Å²) in [5, 5.41) is 9.88. The molecule has 9 nitrogen and oxygen atoms in total. The number of ether oxygens (including phenoxy) is 2. The number of halogens is 6. The summed E-state index contributed by atoms with van der Waals surface area (Å²) in [6.07, 6.45) is -11.5. The summed E-state index contributed by atoms with van der Waals surface area (Å²) in [4.78, 5) is 25.3. The average Bonchev–Trinajstić information content (AvgIpc) is 3.74. The topological polar surface area (TPSA) is 126 Å². The Labute approximate surface area is 218 Å². The fourth-order valence-electron chi connectivity index (χ4n) is 4.21. The van der Waals surface area contributed by atoms with Crippen LogP contribution in [0.2, 0.25) is 0 Å². The number of nitrogens with zero attached hydrogens (tertiary/aromatic N) is 2. The van der Waals surface area contributed by atoms with E-state index >= 15 is 0 Å². The molecule has 16 heteroatoms. The van der Waals surface area contributed by atoms with Gasteiger partial charge in [0.25, 0.3) is 0 Å². The highest BCUT2D eigenvalue weighted by Crippen LogP contribution is 2.48. The number of amides is 2. The number of likely N-dealkylation sites (tertiary alicyclic amines) is 1. The van der Waals surface area contributed by atoms with Crippen molar-refractivity contribution < 1.29 is 53.8 Å². The molecule has 39 heavy (non-hydrogen) atoms. The van der Waals surface area contributed by atoms with Crippen LogP contribution < -0.4 is 10.1 Å². The van der Waals surface area contributed by atoms with Gasteiger partial charge < -0.3 is 19.7 Å². The lowest BCUT2D eigenvalue weighted by atomic mass is 10.1. The second-order valence-electron chi connectivity index (χ2n) is 10.2. The van der Waals surface area contributed by atoms with E-state index in [0.29, 0.717) is 37.8 Å². The van der Waals surface area contributed by atoms with Gasteiger partial charge in [-0.05, 0) is 43.9 Å². The molecule has 2 atom stereocenters. The molecule has 1 N–H and O–H groups in total. The van der Waals surface area contributed by atoms with Crippen molar-refractivity contribution in [1.82, 2.24) is 10.2 Å². The number of rotatable bonds is 7. The molecule has 1 aliphatic heterocycles. The van der Waals surface area contributed by atoms with E-state index in [2.05, 4.69) is 10.1 Å². The smallest absolute Gasteiger partial charge is 0.422 e. The first-order valence-corrected chi connectivity index (χ1v) is 13.3. The quantitative estimate of drug-likeness (QED) is 0.482. The van der Waals surface area contributed by atoms with Crippen LogP contribution in [-0.4, -0.2) is 61.7 Å². The zero-order chi connectivity index (χ0) is 29.0. The van der Waals surface area contributed by atoms with Crippen LogP contribution in [0.4, 0.5) is 31.1 Å². The zero-order valence-corrected chi connectivity index (χ0v) is 21.2. The predicted octanol–water partition coefficient (Wildman–Crippen LogP) is 3.93. The van der Waals surface area contributed by atoms with Crippen LogP contribution in [0, 0.1) is 16.7 Å². The van der Waals surface area contributed by atoms with Gasteiger partial charge in [-0.3, -0.25) is 4.79 Å². The third kappa shape index (κ3) is 6.18. The van der Waals surface area contributed by atoms with Crippen molar-refractivity contribution in [3.8, 4) is 11.8 Å². The first kappa shape index (κ1) is 28.8. The van der Waals surface area contributed by atoms with E-state index in [1.165, 1.54) is 0 Å². The Kier molecular flexibility index (Phi) is 6.98. The van der Waals surface area contributed by atoms with Gasteiger partial charge in [-0.25, -0.2) is 13.2 Å². The number of hydrogen-bond acceptors (Lipinski definition) is 7. The standard InChI is InChI=1S/C23H23F6N3O6S/c1-20(4-5-20)18(33)32-10-14(9-17(32)38-19(34)31-21(11-30)6-7-21)39(35,36)16-3-2-13(37-12-22(24,25)26)8-15(16)23(27,28)29/h2-3,8,14,17H,4-7,9-10,12H2,1H3,(H,31,34)/t14-,17+/m1/s1. The lowest BCUT2D eigenvalue weighted by Gasteiger charge is -2.27. The van der Waals surface area contributed by atoms with Gasteiger partial charge in [0.1, 0.15) is 11.3 Å². The molecular formula is C23H23F6N3O6S. The minimum atomic E-state index is -5.28. The number of benzene rings is 1. The molecule has 2 saturated carbocycles. The molecule has 3 aliphatic rings. The normalized spacial score (nSPS) is 23.5. The summed E-state index contributed by atoms with van der Waals surface area (Å²) >= 11 is 0. The van der Waals surface area contributed by atoms with E-state index < -0.39 is 92.4 Å². The van der Waals surface area contributed by atoms with Gasteiger partial charge in [0.2, 0.25) is 5.91 Å². The lowest BCUT2D eigenvalue weighted by molar-refractivity contribution is -0.153. The van der Waals surface area contributed by atoms with Crippen LogP contribution in [-0.2, 0) is 25.5 Å². The summed E-state index contributed by atoms with van der Waals surface area (Å²) in [6.45, 7) is -0.852. The molecule has 1 aromatic carbocycles. The number of alkyl halides is 6. The summed E-state index contributed by atoms with van der Waals surface area (Å²) < 4.78 is 115. The monoisotopic (exact) mass is 583 g/mol. The van der Waals surface area contributed by atoms with E-state index in [9.17, 15) is 44.3 Å². The number of carbonyl (C=O) groups excluding carboxylic acids is 2. The van der Waals surface area contributed by atoms with Crippen molar-refractivity contribution in [2.24, 2.45) is 5.41 Å². The first-order chi connectivity index (χ1) is 17.9. The Morgan fingerprint density at radius 1 is 1.15 bits per heavy atom. The van der Waals surface area contributed by atoms with Crippen molar-refractivity contribution in [2.45, 2.75) is 73.3 Å². The molecule has 1 heterocycles. The molecule has 0 aromatic heterocycles. The van der Waals surface area contributed by atoms with Gasteiger partial charge in [0, 0.05) is 18.4 Å². The molecule has 4 rings (SSSR count). The molecule has 2 aliphatic carbocycles. The summed E-state index contributed by atoms with van der Waals surface area (Å²) in [5.74, 6) is -1.38. The van der Waals surface area contributed by atoms with Crippen LogP contribution in [0.15, 0.2) is 23.1 Å². The second-order valence-corrected chi connectivity index (χ2v) is 12.4. The average molecular weight is 584 g/mol. The van der Waals surface area contributed by atoms with Crippen molar-refractivity contribution in [3.05, 3.63) is 23.8 Å². The van der Waals surface area contributed by atoms with Crippen LogP contribution in [0.5, 0.6) is 5.75 Å². The lowest BCUT2D eigenvalue weighted by Crippen LogP contribution is -2.45. The molecule has 2 amide bonds. The highest BCUT2D eigenvalue weighted by atomic mass is 32.2. The van der Waals surface area contributed by atoms with E-state index in [1.807, 2.05) is 6.07 Å². The number of nitrogens with one attached hydrogen (secondary N) is 1. The molecule has 1 saturated heterocycles. The minimum Gasteiger partial charge on any atom is -0.484 e. The van der Waals surface area contributed by atoms with Crippen LogP contribution in [0.3, 0.4) is 0 Å². The van der Waals surface area contributed by atoms with Gasteiger partial charge in [-0.1, -0.05) is 6.92 Å². The highest BCUT2D eigenvalue weighted by molar-refractivity contribution is 7.92. The van der Waals surface area contributed by atoms with Crippen molar-refractivity contribution in [1.29, 1.82) is 5.26 Å². The van der Waals surface area contributed by atoms with Crippen LogP contribution in [0.1, 0.15) is 44.6 Å². The largest absolute Gasteiger partial charge is 0.484 e. The molecule has 0 bridgehead atoms. The van der Waals surface area contributed by atoms with Gasteiger partial charge in [-0.15, -0.1) is 0 Å². The molecule has 0 spiro atoms. The first-order valence-electron chi connectivity index (χ1n) is 11.8. The molecular weight excluding hydrogens is 560 g/mol. The van der Waals surface area contributed by atoms with Gasteiger partial charge >= 0.3 is 18.4 Å². The Balaban J connectivity index is 1.61. The zero-order valence-electron chi connectivity index (χ0n) is 20.4. The molecule has 0 unspecified atom stereocenters. The Morgan fingerprint density at radius 2 is 1.79 bits per heavy atom. The van der Waals surface area contributed by atoms with Crippen molar-refractivity contribution >= 4 is 21.8 Å². The molecule has 1 aromatic rings. The maximum absolute atomic E-state index is 13.8. The van der Waals surface area contributed by atoms with E-state index in [0.717, 1.165) is 4.90 Å². The summed E-state index contributed by atoms with van der Waals surface area (Å²) in [7, 11) is -4.86. The maximum Gasteiger partial charge on any atom is 0.422 e. The highest BCUT2D eigenvalue weighted by Gasteiger charge is 2.54. The fourth-order valence-corrected chi connectivity index (χ4v) is 6.09. The van der Waals surface area contributed by atoms with E-state index in [-0.39, 0.29) is 6.07 Å². The number of nitriles is 1. The van der Waals surface area contributed by atoms with E-state index in [1.54, 1.807) is 6.92 Å². The Hall–Kier alpha value is -3.22. The fraction of sp³-hybridized carbons (Fsp3) is 0.609. The van der Waals surface area contributed by atoms with Crippen molar-refractivity contribution in [2.75, 3.05) is 13.2 Å². The molecule has 0 radical (unpaired) electrons. The van der Waals surface area contributed by atoms with Gasteiger partial charge in [0.15, 0.2) is 22.7 Å². The SMILES string of the molecule is CC1(C(=O)N2C[C@H](S(=O)(=O)c3ccc(OCC(F)(F)F)cc3C(F)(F)F)C[C@@H]2OC(=O)NC2(C#N)CC2)CC1. The molecule has 3 fully saturated rings. The molecule has 214 valence electrons. The Bertz CT molecular complexity index is 1310. The van der Waals surface area contributed by atoms with Crippen LogP contribution in [0.25, 0.3) is 0 Å². The van der Waals surface area contributed by atoms with Crippen molar-refractivity contribution in [3.63, 3.8) is 0 Å². The number of alkyl carbamates (subject to hydrolysis) is 1. The number of sulfone groups is 1. The summed E-state index contributed by atoms with van der Waals surface area (Å²) in [6, 6.07) is 3.25. The maximum atomic E-state index is 13.8.